The van der Waals surface area contributed by atoms with Gasteiger partial charge in [0, 0.05) is 24.4 Å². The van der Waals surface area contributed by atoms with Gasteiger partial charge in [-0.05, 0) is 18.4 Å². The molecule has 108 valence electrons. The van der Waals surface area contributed by atoms with E-state index in [1.165, 1.54) is 6.07 Å². The predicted octanol–water partition coefficient (Wildman–Crippen LogP) is 2.88. The lowest BCUT2D eigenvalue weighted by Crippen LogP contribution is -2.19. The van der Waals surface area contributed by atoms with Crippen LogP contribution in [0.25, 0.3) is 11.5 Å². The Morgan fingerprint density at radius 3 is 2.65 bits per heavy atom. The maximum Gasteiger partial charge on any atom is 0.314 e. The number of halogens is 2. The third-order valence-corrected chi connectivity index (χ3v) is 2.82. The van der Waals surface area contributed by atoms with E-state index in [-0.39, 0.29) is 11.4 Å². The standard InChI is InChI=1S/C13H15F2N3O2/c1-8(2)3-5-18-6-4-9(7-10(18)19)12-16-17-13(20-12)11(14)15/h4,6-8,11H,3,5H2,1-2H3. The van der Waals surface area contributed by atoms with E-state index in [9.17, 15) is 13.6 Å². The summed E-state index contributed by atoms with van der Waals surface area (Å²) < 4.78 is 31.1. The first-order chi connectivity index (χ1) is 9.47. The van der Waals surface area contributed by atoms with Crippen molar-refractivity contribution in [1.29, 1.82) is 0 Å². The molecule has 2 rings (SSSR count). The number of pyridine rings is 1. The minimum absolute atomic E-state index is 0.0755. The molecular formula is C13H15F2N3O2. The third kappa shape index (κ3) is 3.28. The number of nitrogens with zero attached hydrogens (tertiary/aromatic N) is 3. The second-order valence-electron chi connectivity index (χ2n) is 4.88. The molecule has 0 aliphatic heterocycles. The fourth-order valence-electron chi connectivity index (χ4n) is 1.66. The molecule has 20 heavy (non-hydrogen) atoms. The Kier molecular flexibility index (Phi) is 4.26. The molecule has 0 radical (unpaired) electrons. The summed E-state index contributed by atoms with van der Waals surface area (Å²) in [6.45, 7) is 4.76. The second kappa shape index (κ2) is 5.94. The number of aryl methyl sites for hydroxylation is 1. The van der Waals surface area contributed by atoms with E-state index < -0.39 is 12.3 Å². The zero-order valence-corrected chi connectivity index (χ0v) is 11.2. The van der Waals surface area contributed by atoms with Crippen LogP contribution >= 0.6 is 0 Å². The van der Waals surface area contributed by atoms with Crippen molar-refractivity contribution < 1.29 is 13.2 Å². The molecule has 0 aliphatic rings. The summed E-state index contributed by atoms with van der Waals surface area (Å²) in [5, 5.41) is 6.74. The number of alkyl halides is 2. The zero-order chi connectivity index (χ0) is 14.7. The van der Waals surface area contributed by atoms with Gasteiger partial charge in [0.15, 0.2) is 0 Å². The molecule has 0 aliphatic carbocycles. The van der Waals surface area contributed by atoms with E-state index >= 15 is 0 Å². The topological polar surface area (TPSA) is 60.9 Å². The second-order valence-corrected chi connectivity index (χ2v) is 4.88. The van der Waals surface area contributed by atoms with E-state index in [0.29, 0.717) is 18.0 Å². The summed E-state index contributed by atoms with van der Waals surface area (Å²) in [5.41, 5.74) is 0.121. The third-order valence-electron chi connectivity index (χ3n) is 2.82. The average Bonchev–Trinajstić information content (AvgIpc) is 2.86. The summed E-state index contributed by atoms with van der Waals surface area (Å²) in [6.07, 6.45) is -0.329. The fraction of sp³-hybridized carbons (Fsp3) is 0.462. The smallest absolute Gasteiger partial charge is 0.314 e. The van der Waals surface area contributed by atoms with Gasteiger partial charge in [-0.1, -0.05) is 13.8 Å². The first-order valence-electron chi connectivity index (χ1n) is 6.30. The molecule has 0 N–H and O–H groups in total. The molecule has 2 heterocycles. The van der Waals surface area contributed by atoms with Crippen LogP contribution in [0.15, 0.2) is 27.5 Å². The largest absolute Gasteiger partial charge is 0.415 e. The highest BCUT2D eigenvalue weighted by atomic mass is 19.3. The van der Waals surface area contributed by atoms with Crippen LogP contribution in [0.5, 0.6) is 0 Å². The summed E-state index contributed by atoms with van der Waals surface area (Å²) in [7, 11) is 0. The molecule has 0 atom stereocenters. The van der Waals surface area contributed by atoms with Gasteiger partial charge in [-0.3, -0.25) is 4.79 Å². The van der Waals surface area contributed by atoms with E-state index in [4.69, 9.17) is 4.42 Å². The van der Waals surface area contributed by atoms with Crippen LogP contribution < -0.4 is 5.56 Å². The van der Waals surface area contributed by atoms with Gasteiger partial charge in [-0.15, -0.1) is 10.2 Å². The van der Waals surface area contributed by atoms with Crippen molar-refractivity contribution in [3.8, 4) is 11.5 Å². The first kappa shape index (κ1) is 14.4. The molecule has 0 aromatic carbocycles. The molecule has 0 unspecified atom stereocenters. The monoisotopic (exact) mass is 283 g/mol. The Morgan fingerprint density at radius 2 is 2.10 bits per heavy atom. The van der Waals surface area contributed by atoms with E-state index in [2.05, 4.69) is 24.0 Å². The van der Waals surface area contributed by atoms with Crippen LogP contribution in [-0.2, 0) is 6.54 Å². The zero-order valence-electron chi connectivity index (χ0n) is 11.2. The molecule has 0 saturated carbocycles. The van der Waals surface area contributed by atoms with Crippen molar-refractivity contribution in [2.45, 2.75) is 33.2 Å². The Labute approximate surface area is 114 Å². The maximum absolute atomic E-state index is 12.4. The molecule has 0 bridgehead atoms. The Morgan fingerprint density at radius 1 is 1.35 bits per heavy atom. The summed E-state index contributed by atoms with van der Waals surface area (Å²) >= 11 is 0. The van der Waals surface area contributed by atoms with Gasteiger partial charge in [-0.25, -0.2) is 0 Å². The van der Waals surface area contributed by atoms with Crippen LogP contribution in [0.2, 0.25) is 0 Å². The Hall–Kier alpha value is -2.05. The summed E-state index contributed by atoms with van der Waals surface area (Å²) in [6, 6.07) is 2.91. The minimum atomic E-state index is -2.82. The molecule has 2 aromatic heterocycles. The predicted molar refractivity (Wildman–Crippen MR) is 68.4 cm³/mol. The van der Waals surface area contributed by atoms with Gasteiger partial charge in [-0.2, -0.15) is 8.78 Å². The highest BCUT2D eigenvalue weighted by Crippen LogP contribution is 2.22. The van der Waals surface area contributed by atoms with Crippen LogP contribution in [-0.4, -0.2) is 14.8 Å². The summed E-state index contributed by atoms with van der Waals surface area (Å²) in [5.74, 6) is -0.330. The van der Waals surface area contributed by atoms with Gasteiger partial charge in [0.05, 0.1) is 0 Å². The lowest BCUT2D eigenvalue weighted by molar-refractivity contribution is 0.116. The number of aromatic nitrogens is 3. The van der Waals surface area contributed by atoms with Crippen molar-refractivity contribution >= 4 is 0 Å². The molecule has 0 fully saturated rings. The van der Waals surface area contributed by atoms with E-state index in [0.717, 1.165) is 6.42 Å². The van der Waals surface area contributed by atoms with Gasteiger partial charge < -0.3 is 8.98 Å². The van der Waals surface area contributed by atoms with E-state index in [1.54, 1.807) is 16.8 Å². The highest BCUT2D eigenvalue weighted by molar-refractivity contribution is 5.50. The SMILES string of the molecule is CC(C)CCn1ccc(-c2nnc(C(F)F)o2)cc1=O. The summed E-state index contributed by atoms with van der Waals surface area (Å²) in [4.78, 5) is 11.9. The molecule has 0 amide bonds. The van der Waals surface area contributed by atoms with Crippen molar-refractivity contribution in [1.82, 2.24) is 14.8 Å². The Bertz CT molecular complexity index is 635. The molecule has 5 nitrogen and oxygen atoms in total. The van der Waals surface area contributed by atoms with Crippen molar-refractivity contribution in [3.63, 3.8) is 0 Å². The van der Waals surface area contributed by atoms with Crippen LogP contribution in [0, 0.1) is 5.92 Å². The fourth-order valence-corrected chi connectivity index (χ4v) is 1.66. The van der Waals surface area contributed by atoms with Crippen molar-refractivity contribution in [3.05, 3.63) is 34.6 Å². The molecule has 0 saturated heterocycles. The van der Waals surface area contributed by atoms with Crippen LogP contribution in [0.4, 0.5) is 8.78 Å². The average molecular weight is 283 g/mol. The number of hydrogen-bond donors (Lipinski definition) is 0. The molecule has 7 heteroatoms. The first-order valence-corrected chi connectivity index (χ1v) is 6.30. The quantitative estimate of drug-likeness (QED) is 0.846. The number of hydrogen-bond acceptors (Lipinski definition) is 4. The maximum atomic E-state index is 12.4. The highest BCUT2D eigenvalue weighted by Gasteiger charge is 2.17. The molecule has 2 aromatic rings. The van der Waals surface area contributed by atoms with Crippen LogP contribution in [0.3, 0.4) is 0 Å². The van der Waals surface area contributed by atoms with Crippen molar-refractivity contribution in [2.24, 2.45) is 5.92 Å². The van der Waals surface area contributed by atoms with E-state index in [1.807, 2.05) is 0 Å². The Balaban J connectivity index is 2.21. The van der Waals surface area contributed by atoms with Gasteiger partial charge in [0.2, 0.25) is 5.89 Å². The lowest BCUT2D eigenvalue weighted by atomic mass is 10.1. The van der Waals surface area contributed by atoms with Gasteiger partial charge in [0.1, 0.15) is 0 Å². The van der Waals surface area contributed by atoms with Crippen LogP contribution in [0.1, 0.15) is 32.6 Å². The van der Waals surface area contributed by atoms with Gasteiger partial charge >= 0.3 is 6.43 Å². The number of rotatable bonds is 5. The lowest BCUT2D eigenvalue weighted by Gasteiger charge is -2.07. The van der Waals surface area contributed by atoms with Crippen molar-refractivity contribution in [2.75, 3.05) is 0 Å². The normalized spacial score (nSPS) is 11.5. The molecular weight excluding hydrogens is 268 g/mol. The molecule has 0 spiro atoms. The van der Waals surface area contributed by atoms with Gasteiger partial charge in [0.25, 0.3) is 11.4 Å². The minimum Gasteiger partial charge on any atom is -0.415 e.